The molecule has 1 fully saturated rings. The summed E-state index contributed by atoms with van der Waals surface area (Å²) in [6, 6.07) is 22.0. The number of amides is 2. The topological polar surface area (TPSA) is 56.4 Å². The maximum atomic E-state index is 14.1. The van der Waals surface area contributed by atoms with Gasteiger partial charge < -0.3 is 14.8 Å². The van der Waals surface area contributed by atoms with Gasteiger partial charge in [0.2, 0.25) is 5.91 Å². The predicted molar refractivity (Wildman–Crippen MR) is 137 cm³/mol. The van der Waals surface area contributed by atoms with E-state index in [2.05, 4.69) is 11.1 Å². The van der Waals surface area contributed by atoms with Gasteiger partial charge in [-0.25, -0.2) is 4.39 Å². The number of rotatable bonds is 4. The summed E-state index contributed by atoms with van der Waals surface area (Å²) in [4.78, 5) is 34.5. The Balaban J connectivity index is 1.43. The van der Waals surface area contributed by atoms with Crippen molar-refractivity contribution in [2.45, 2.75) is 24.8 Å². The van der Waals surface area contributed by atoms with Gasteiger partial charge in [0.1, 0.15) is 5.82 Å². The lowest BCUT2D eigenvalue weighted by Gasteiger charge is -2.51. The molecule has 1 saturated heterocycles. The number of hydrogen-bond acceptors (Lipinski definition) is 2. The Kier molecular flexibility index (Phi) is 5.38. The molecule has 5 nitrogen and oxygen atoms in total. The SMILES string of the molecule is CC12C(=O)N(CCc3ccc(F)cc3)CC(=O)N1CC(c1ccc(Cl)cc1)c1c2[nH]c2ccccc12. The monoisotopic (exact) mass is 501 g/mol. The summed E-state index contributed by atoms with van der Waals surface area (Å²) in [6.45, 7) is 2.67. The van der Waals surface area contributed by atoms with Crippen LogP contribution < -0.4 is 0 Å². The molecule has 0 radical (unpaired) electrons. The number of H-pyrrole nitrogens is 1. The van der Waals surface area contributed by atoms with Crippen LogP contribution in [0.4, 0.5) is 4.39 Å². The van der Waals surface area contributed by atoms with Crippen molar-refractivity contribution in [3.63, 3.8) is 0 Å². The highest BCUT2D eigenvalue weighted by Gasteiger charge is 2.56. The Morgan fingerprint density at radius 1 is 1.03 bits per heavy atom. The number of para-hydroxylation sites is 1. The lowest BCUT2D eigenvalue weighted by Crippen LogP contribution is -2.67. The number of aromatic nitrogens is 1. The van der Waals surface area contributed by atoms with E-state index >= 15 is 0 Å². The number of benzene rings is 3. The van der Waals surface area contributed by atoms with Crippen molar-refractivity contribution in [2.24, 2.45) is 0 Å². The number of piperazine rings is 1. The molecule has 2 aliphatic rings. The number of nitrogens with one attached hydrogen (secondary N) is 1. The average Bonchev–Trinajstić information content (AvgIpc) is 3.28. The molecule has 3 aromatic carbocycles. The van der Waals surface area contributed by atoms with Gasteiger partial charge in [-0.1, -0.05) is 54.1 Å². The quantitative estimate of drug-likeness (QED) is 0.416. The summed E-state index contributed by atoms with van der Waals surface area (Å²) in [6.07, 6.45) is 0.544. The van der Waals surface area contributed by atoms with Crippen LogP contribution in [0.2, 0.25) is 5.02 Å². The third kappa shape index (κ3) is 3.51. The summed E-state index contributed by atoms with van der Waals surface area (Å²) < 4.78 is 13.3. The minimum atomic E-state index is -1.14. The van der Waals surface area contributed by atoms with Gasteiger partial charge in [0.25, 0.3) is 5.91 Å². The molecule has 2 unspecified atom stereocenters. The Morgan fingerprint density at radius 3 is 2.50 bits per heavy atom. The third-order valence-corrected chi connectivity index (χ3v) is 7.93. The van der Waals surface area contributed by atoms with Crippen LogP contribution >= 0.6 is 11.6 Å². The van der Waals surface area contributed by atoms with Gasteiger partial charge in [0, 0.05) is 34.9 Å². The average molecular weight is 502 g/mol. The third-order valence-electron chi connectivity index (χ3n) is 7.67. The molecule has 4 aromatic rings. The van der Waals surface area contributed by atoms with Gasteiger partial charge in [-0.15, -0.1) is 0 Å². The zero-order valence-corrected chi connectivity index (χ0v) is 20.6. The molecule has 7 heteroatoms. The van der Waals surface area contributed by atoms with E-state index in [1.807, 2.05) is 49.4 Å². The van der Waals surface area contributed by atoms with E-state index in [0.717, 1.165) is 33.3 Å². The highest BCUT2D eigenvalue weighted by molar-refractivity contribution is 6.30. The molecule has 182 valence electrons. The fourth-order valence-corrected chi connectivity index (χ4v) is 5.89. The highest BCUT2D eigenvalue weighted by atomic mass is 35.5. The van der Waals surface area contributed by atoms with Gasteiger partial charge in [-0.05, 0) is 60.4 Å². The van der Waals surface area contributed by atoms with Crippen molar-refractivity contribution in [3.05, 3.63) is 106 Å². The summed E-state index contributed by atoms with van der Waals surface area (Å²) in [7, 11) is 0. The molecule has 36 heavy (non-hydrogen) atoms. The number of fused-ring (bicyclic) bond motifs is 5. The predicted octanol–water partition coefficient (Wildman–Crippen LogP) is 5.23. The molecular weight excluding hydrogens is 477 g/mol. The van der Waals surface area contributed by atoms with E-state index < -0.39 is 5.54 Å². The van der Waals surface area contributed by atoms with E-state index in [4.69, 9.17) is 11.6 Å². The lowest BCUT2D eigenvalue weighted by atomic mass is 9.76. The van der Waals surface area contributed by atoms with Crippen LogP contribution in [0.3, 0.4) is 0 Å². The summed E-state index contributed by atoms with van der Waals surface area (Å²) in [5.74, 6) is -0.579. The van der Waals surface area contributed by atoms with E-state index in [-0.39, 0.29) is 30.1 Å². The number of carbonyl (C=O) groups is 2. The molecule has 0 bridgehead atoms. The Labute approximate surface area is 213 Å². The van der Waals surface area contributed by atoms with Crippen LogP contribution in [0.15, 0.2) is 72.8 Å². The zero-order chi connectivity index (χ0) is 25.0. The molecule has 0 aliphatic carbocycles. The molecule has 1 aromatic heterocycles. The van der Waals surface area contributed by atoms with Crippen LogP contribution in [-0.4, -0.2) is 46.2 Å². The number of nitrogens with zero attached hydrogens (tertiary/aromatic N) is 2. The Hall–Kier alpha value is -3.64. The number of aromatic amines is 1. The van der Waals surface area contributed by atoms with Crippen LogP contribution in [0, 0.1) is 5.82 Å². The van der Waals surface area contributed by atoms with Gasteiger partial charge in [0.05, 0.1) is 12.2 Å². The van der Waals surface area contributed by atoms with Gasteiger partial charge in [-0.3, -0.25) is 9.59 Å². The second-order valence-corrected chi connectivity index (χ2v) is 10.2. The fourth-order valence-electron chi connectivity index (χ4n) is 5.77. The van der Waals surface area contributed by atoms with Gasteiger partial charge in [-0.2, -0.15) is 0 Å². The molecule has 2 amide bonds. The van der Waals surface area contributed by atoms with Crippen molar-refractivity contribution in [2.75, 3.05) is 19.6 Å². The molecule has 3 heterocycles. The first-order chi connectivity index (χ1) is 17.4. The first kappa shape index (κ1) is 22.8. The van der Waals surface area contributed by atoms with Crippen molar-refractivity contribution >= 4 is 34.3 Å². The Bertz CT molecular complexity index is 1480. The second kappa shape index (κ2) is 8.49. The lowest BCUT2D eigenvalue weighted by molar-refractivity contribution is -0.166. The number of carbonyl (C=O) groups excluding carboxylic acids is 2. The minimum Gasteiger partial charge on any atom is -0.356 e. The first-order valence-corrected chi connectivity index (χ1v) is 12.4. The number of halogens is 2. The Morgan fingerprint density at radius 2 is 1.75 bits per heavy atom. The van der Waals surface area contributed by atoms with Crippen molar-refractivity contribution in [3.8, 4) is 0 Å². The normalized spacial score (nSPS) is 21.6. The van der Waals surface area contributed by atoms with Crippen LogP contribution in [0.5, 0.6) is 0 Å². The second-order valence-electron chi connectivity index (χ2n) is 9.74. The highest BCUT2D eigenvalue weighted by Crippen LogP contribution is 2.48. The van der Waals surface area contributed by atoms with Gasteiger partial charge >= 0.3 is 0 Å². The van der Waals surface area contributed by atoms with E-state index in [1.165, 1.54) is 12.1 Å². The molecule has 0 saturated carbocycles. The van der Waals surface area contributed by atoms with E-state index in [0.29, 0.717) is 24.5 Å². The summed E-state index contributed by atoms with van der Waals surface area (Å²) in [5, 5.41) is 1.71. The first-order valence-electron chi connectivity index (χ1n) is 12.1. The molecule has 2 aliphatic heterocycles. The van der Waals surface area contributed by atoms with Crippen LogP contribution in [0.25, 0.3) is 10.9 Å². The zero-order valence-electron chi connectivity index (χ0n) is 19.8. The molecule has 2 atom stereocenters. The molecular formula is C29H25ClFN3O2. The summed E-state index contributed by atoms with van der Waals surface area (Å²) in [5.41, 5.74) is 3.57. The van der Waals surface area contributed by atoms with Crippen molar-refractivity contribution < 1.29 is 14.0 Å². The molecule has 6 rings (SSSR count). The smallest absolute Gasteiger partial charge is 0.254 e. The van der Waals surface area contributed by atoms with Crippen molar-refractivity contribution in [1.82, 2.24) is 14.8 Å². The maximum absolute atomic E-state index is 14.1. The largest absolute Gasteiger partial charge is 0.356 e. The van der Waals surface area contributed by atoms with Crippen LogP contribution in [-0.2, 0) is 21.5 Å². The van der Waals surface area contributed by atoms with Crippen LogP contribution in [0.1, 0.15) is 35.2 Å². The van der Waals surface area contributed by atoms with E-state index in [9.17, 15) is 14.0 Å². The van der Waals surface area contributed by atoms with Gasteiger partial charge in [0.15, 0.2) is 5.54 Å². The standard InChI is InChI=1S/C29H25ClFN3O2/c1-29-27-26(22-4-2-3-5-24(22)32-27)23(19-8-10-20(30)11-9-19)16-34(29)25(35)17-33(28(29)36)15-14-18-6-12-21(31)13-7-18/h2-13,23,32H,14-17H2,1H3. The van der Waals surface area contributed by atoms with E-state index in [1.54, 1.807) is 21.9 Å². The fraction of sp³-hybridized carbons (Fsp3) is 0.241. The van der Waals surface area contributed by atoms with Crippen molar-refractivity contribution in [1.29, 1.82) is 0 Å². The minimum absolute atomic E-state index is 0.0263. The molecule has 0 spiro atoms. The molecule has 1 N–H and O–H groups in total. The summed E-state index contributed by atoms with van der Waals surface area (Å²) >= 11 is 6.16. The maximum Gasteiger partial charge on any atom is 0.254 e. The number of hydrogen-bond donors (Lipinski definition) is 1.